The van der Waals surface area contributed by atoms with Crippen LogP contribution in [0.25, 0.3) is 0 Å². The van der Waals surface area contributed by atoms with E-state index in [-0.39, 0.29) is 0 Å². The van der Waals surface area contributed by atoms with E-state index < -0.39 is 18.3 Å². The van der Waals surface area contributed by atoms with E-state index in [9.17, 15) is 9.59 Å². The number of hydrogen-bond donors (Lipinski definition) is 2. The smallest absolute Gasteiger partial charge is 0.312 e. The molecule has 0 unspecified atom stereocenters. The largest absolute Gasteiger partial charge is 0.481 e. The van der Waals surface area contributed by atoms with Gasteiger partial charge >= 0.3 is 5.97 Å². The van der Waals surface area contributed by atoms with Gasteiger partial charge in [0.2, 0.25) is 5.91 Å². The van der Waals surface area contributed by atoms with Crippen molar-refractivity contribution in [1.29, 1.82) is 0 Å². The average molecular weight is 348 g/mol. The summed E-state index contributed by atoms with van der Waals surface area (Å²) in [5.74, 6) is 3.95. The summed E-state index contributed by atoms with van der Waals surface area (Å²) >= 11 is 12.0. The summed E-state index contributed by atoms with van der Waals surface area (Å²) in [7, 11) is 0. The molecule has 0 aromatic heterocycles. The van der Waals surface area contributed by atoms with Crippen molar-refractivity contribution in [3.8, 4) is 11.8 Å². The number of benzene rings is 2. The summed E-state index contributed by atoms with van der Waals surface area (Å²) < 4.78 is 0. The van der Waals surface area contributed by atoms with Gasteiger partial charge in [-0.05, 0) is 30.3 Å². The molecule has 0 aliphatic heterocycles. The minimum Gasteiger partial charge on any atom is -0.481 e. The van der Waals surface area contributed by atoms with E-state index in [1.54, 1.807) is 36.4 Å². The van der Waals surface area contributed by atoms with Gasteiger partial charge in [-0.25, -0.2) is 0 Å². The van der Waals surface area contributed by atoms with Gasteiger partial charge in [0, 0.05) is 16.1 Å². The third-order valence-corrected chi connectivity index (χ3v) is 3.34. The van der Waals surface area contributed by atoms with E-state index >= 15 is 0 Å². The lowest BCUT2D eigenvalue weighted by Gasteiger charge is -2.06. The minimum absolute atomic E-state index is 0.389. The van der Waals surface area contributed by atoms with Gasteiger partial charge in [-0.2, -0.15) is 0 Å². The number of carboxylic acids is 1. The van der Waals surface area contributed by atoms with Crippen molar-refractivity contribution in [1.82, 2.24) is 0 Å². The molecule has 23 heavy (non-hydrogen) atoms. The van der Waals surface area contributed by atoms with E-state index in [0.717, 1.165) is 0 Å². The number of hydrogen-bond acceptors (Lipinski definition) is 2. The second-order valence-corrected chi connectivity index (χ2v) is 5.38. The number of aliphatic carboxylic acids is 1. The van der Waals surface area contributed by atoms with Crippen LogP contribution in [0.5, 0.6) is 0 Å². The standard InChI is InChI=1S/C17H11Cl2NO3/c18-13-7-8-15(20-16(21)10-17(22)23)12(9-13)6-5-11-3-1-2-4-14(11)19/h1-4,7-9H,10H2,(H,20,21)(H,22,23). The number of amides is 1. The highest BCUT2D eigenvalue weighted by atomic mass is 35.5. The van der Waals surface area contributed by atoms with Crippen molar-refractivity contribution < 1.29 is 14.7 Å². The van der Waals surface area contributed by atoms with E-state index in [2.05, 4.69) is 17.2 Å². The Kier molecular flexibility index (Phi) is 5.64. The van der Waals surface area contributed by atoms with Crippen LogP contribution in [0.1, 0.15) is 17.5 Å². The quantitative estimate of drug-likeness (QED) is 0.655. The summed E-state index contributed by atoms with van der Waals surface area (Å²) in [5, 5.41) is 12.1. The molecule has 1 amide bonds. The second-order valence-electron chi connectivity index (χ2n) is 4.54. The molecule has 2 rings (SSSR count). The number of anilines is 1. The molecule has 0 saturated carbocycles. The van der Waals surface area contributed by atoms with Crippen molar-refractivity contribution in [2.45, 2.75) is 6.42 Å². The maximum Gasteiger partial charge on any atom is 0.312 e. The normalized spacial score (nSPS) is 9.65. The van der Waals surface area contributed by atoms with Crippen LogP contribution in [0.15, 0.2) is 42.5 Å². The molecule has 6 heteroatoms. The zero-order valence-corrected chi connectivity index (χ0v) is 13.3. The molecule has 116 valence electrons. The van der Waals surface area contributed by atoms with Gasteiger partial charge in [0.15, 0.2) is 0 Å². The van der Waals surface area contributed by atoms with Crippen molar-refractivity contribution in [2.24, 2.45) is 0 Å². The summed E-state index contributed by atoms with van der Waals surface area (Å²) in [6, 6.07) is 11.8. The molecule has 0 aliphatic carbocycles. The van der Waals surface area contributed by atoms with Crippen LogP contribution in [0, 0.1) is 11.8 Å². The molecular formula is C17H11Cl2NO3. The summed E-state index contributed by atoms with van der Waals surface area (Å²) in [6.45, 7) is 0. The third kappa shape index (κ3) is 5.03. The van der Waals surface area contributed by atoms with Crippen LogP contribution >= 0.6 is 23.2 Å². The maximum absolute atomic E-state index is 11.6. The summed E-state index contributed by atoms with van der Waals surface area (Å²) in [5.41, 5.74) is 1.49. The van der Waals surface area contributed by atoms with Gasteiger partial charge in [-0.15, -0.1) is 0 Å². The van der Waals surface area contributed by atoms with Crippen molar-refractivity contribution >= 4 is 40.8 Å². The van der Waals surface area contributed by atoms with Crippen LogP contribution < -0.4 is 5.32 Å². The molecule has 0 bridgehead atoms. The van der Waals surface area contributed by atoms with Gasteiger partial charge in [0.1, 0.15) is 6.42 Å². The number of nitrogens with one attached hydrogen (secondary N) is 1. The van der Waals surface area contributed by atoms with Crippen molar-refractivity contribution in [3.63, 3.8) is 0 Å². The molecule has 0 aliphatic rings. The summed E-state index contributed by atoms with van der Waals surface area (Å²) in [4.78, 5) is 22.2. The molecule has 4 nitrogen and oxygen atoms in total. The predicted octanol–water partition coefficient (Wildman–Crippen LogP) is 3.81. The van der Waals surface area contributed by atoms with E-state index in [1.807, 2.05) is 6.07 Å². The Bertz CT molecular complexity index is 822. The second kappa shape index (κ2) is 7.68. The fraction of sp³-hybridized carbons (Fsp3) is 0.0588. The molecule has 0 heterocycles. The first kappa shape index (κ1) is 16.9. The molecule has 2 aromatic rings. The number of carboxylic acid groups (broad SMARTS) is 1. The first-order chi connectivity index (χ1) is 11.0. The first-order valence-electron chi connectivity index (χ1n) is 6.53. The van der Waals surface area contributed by atoms with Gasteiger partial charge in [0.05, 0.1) is 10.7 Å². The molecular weight excluding hydrogens is 337 g/mol. The average Bonchev–Trinajstić information content (AvgIpc) is 2.48. The maximum atomic E-state index is 11.6. The Hall–Kier alpha value is -2.48. The van der Waals surface area contributed by atoms with Crippen LogP contribution in [-0.2, 0) is 9.59 Å². The predicted molar refractivity (Wildman–Crippen MR) is 89.8 cm³/mol. The zero-order valence-electron chi connectivity index (χ0n) is 11.8. The van der Waals surface area contributed by atoms with Gasteiger partial charge < -0.3 is 10.4 Å². The molecule has 0 fully saturated rings. The third-order valence-electron chi connectivity index (χ3n) is 2.77. The fourth-order valence-corrected chi connectivity index (χ4v) is 2.11. The fourth-order valence-electron chi connectivity index (χ4n) is 1.76. The highest BCUT2D eigenvalue weighted by Crippen LogP contribution is 2.21. The van der Waals surface area contributed by atoms with Crippen molar-refractivity contribution in [3.05, 3.63) is 63.6 Å². The molecule has 2 aromatic carbocycles. The van der Waals surface area contributed by atoms with Crippen LogP contribution in [0.4, 0.5) is 5.69 Å². The monoisotopic (exact) mass is 347 g/mol. The lowest BCUT2D eigenvalue weighted by atomic mass is 10.1. The van der Waals surface area contributed by atoms with Crippen molar-refractivity contribution in [2.75, 3.05) is 5.32 Å². The van der Waals surface area contributed by atoms with E-state index in [0.29, 0.717) is 26.9 Å². The number of halogens is 2. The Morgan fingerprint density at radius 2 is 1.74 bits per heavy atom. The van der Waals surface area contributed by atoms with Gasteiger partial charge in [-0.3, -0.25) is 9.59 Å². The first-order valence-corrected chi connectivity index (χ1v) is 7.29. The number of carbonyl (C=O) groups excluding carboxylic acids is 1. The number of carbonyl (C=O) groups is 2. The van der Waals surface area contributed by atoms with E-state index in [4.69, 9.17) is 28.3 Å². The Labute approximate surface area is 143 Å². The minimum atomic E-state index is -1.21. The topological polar surface area (TPSA) is 66.4 Å². The lowest BCUT2D eigenvalue weighted by molar-refractivity contribution is -0.139. The van der Waals surface area contributed by atoms with Crippen LogP contribution in [0.3, 0.4) is 0 Å². The Balaban J connectivity index is 2.32. The number of rotatable bonds is 3. The SMILES string of the molecule is O=C(O)CC(=O)Nc1ccc(Cl)cc1C#Cc1ccccc1Cl. The lowest BCUT2D eigenvalue weighted by Crippen LogP contribution is -2.16. The molecule has 2 N–H and O–H groups in total. The summed E-state index contributed by atoms with van der Waals surface area (Å²) in [6.07, 6.45) is -0.625. The van der Waals surface area contributed by atoms with Crippen LogP contribution in [-0.4, -0.2) is 17.0 Å². The molecule has 0 saturated heterocycles. The Morgan fingerprint density at radius 1 is 1.04 bits per heavy atom. The van der Waals surface area contributed by atoms with Gasteiger partial charge in [0.25, 0.3) is 0 Å². The Morgan fingerprint density at radius 3 is 2.43 bits per heavy atom. The van der Waals surface area contributed by atoms with E-state index in [1.165, 1.54) is 0 Å². The highest BCUT2D eigenvalue weighted by Gasteiger charge is 2.10. The molecule has 0 spiro atoms. The zero-order chi connectivity index (χ0) is 16.8. The van der Waals surface area contributed by atoms with Crippen LogP contribution in [0.2, 0.25) is 10.0 Å². The highest BCUT2D eigenvalue weighted by molar-refractivity contribution is 6.31. The van der Waals surface area contributed by atoms with Gasteiger partial charge in [-0.1, -0.05) is 47.2 Å². The molecule has 0 radical (unpaired) electrons. The molecule has 0 atom stereocenters.